The molecule has 0 saturated heterocycles. The molecule has 1 aliphatic rings. The molecular formula is C15H24N4O. The van der Waals surface area contributed by atoms with Crippen molar-refractivity contribution in [3.8, 4) is 5.75 Å². The molecule has 0 aromatic heterocycles. The number of nitrogens with zero attached hydrogens (tertiary/aromatic N) is 2. The topological polar surface area (TPSA) is 62.9 Å². The second kappa shape index (κ2) is 6.61. The second-order valence-corrected chi connectivity index (χ2v) is 5.30. The van der Waals surface area contributed by atoms with E-state index in [0.717, 1.165) is 18.1 Å². The van der Waals surface area contributed by atoms with Crippen LogP contribution in [0.1, 0.15) is 25.3 Å². The Hall–Kier alpha value is -1.75. The van der Waals surface area contributed by atoms with Crippen LogP contribution in [0.5, 0.6) is 5.75 Å². The van der Waals surface area contributed by atoms with Crippen LogP contribution < -0.4 is 16.0 Å². The molecule has 1 aliphatic carbocycles. The van der Waals surface area contributed by atoms with Crippen LogP contribution in [0.2, 0.25) is 0 Å². The monoisotopic (exact) mass is 276 g/mol. The van der Waals surface area contributed by atoms with Crippen LogP contribution in [0.15, 0.2) is 29.3 Å². The summed E-state index contributed by atoms with van der Waals surface area (Å²) in [7, 11) is 3.72. The quantitative estimate of drug-likeness (QED) is 0.371. The first-order valence-corrected chi connectivity index (χ1v) is 7.04. The van der Waals surface area contributed by atoms with Gasteiger partial charge in [0.25, 0.3) is 0 Å². The lowest BCUT2D eigenvalue weighted by Gasteiger charge is -2.28. The maximum absolute atomic E-state index is 5.59. The Labute approximate surface area is 120 Å². The molecule has 20 heavy (non-hydrogen) atoms. The summed E-state index contributed by atoms with van der Waals surface area (Å²) in [6, 6.07) is 8.82. The van der Waals surface area contributed by atoms with Gasteiger partial charge in [-0.1, -0.05) is 18.2 Å². The molecule has 1 fully saturated rings. The van der Waals surface area contributed by atoms with Crippen molar-refractivity contribution in [2.24, 2.45) is 10.8 Å². The van der Waals surface area contributed by atoms with E-state index < -0.39 is 0 Å². The number of likely N-dealkylation sites (N-methyl/N-ethyl adjacent to an activating group) is 1. The molecule has 5 nitrogen and oxygen atoms in total. The number of aliphatic imine (C=N–C) groups is 1. The summed E-state index contributed by atoms with van der Waals surface area (Å²) in [4.78, 5) is 6.68. The van der Waals surface area contributed by atoms with Crippen molar-refractivity contribution < 1.29 is 4.74 Å². The highest BCUT2D eigenvalue weighted by Gasteiger charge is 2.23. The molecule has 3 N–H and O–H groups in total. The minimum Gasteiger partial charge on any atom is -0.496 e. The molecule has 0 aliphatic heterocycles. The minimum atomic E-state index is 0.278. The summed E-state index contributed by atoms with van der Waals surface area (Å²) in [5, 5.41) is 0. The van der Waals surface area contributed by atoms with Gasteiger partial charge in [0.1, 0.15) is 5.75 Å². The summed E-state index contributed by atoms with van der Waals surface area (Å²) in [5.41, 5.74) is 3.90. The molecule has 0 spiro atoms. The van der Waals surface area contributed by atoms with Gasteiger partial charge in [-0.05, 0) is 37.8 Å². The molecule has 0 heterocycles. The fourth-order valence-corrected chi connectivity index (χ4v) is 2.14. The summed E-state index contributed by atoms with van der Waals surface area (Å²) >= 11 is 0. The van der Waals surface area contributed by atoms with Crippen LogP contribution in [0, 0.1) is 0 Å². The highest BCUT2D eigenvalue weighted by atomic mass is 16.5. The van der Waals surface area contributed by atoms with Gasteiger partial charge in [-0.3, -0.25) is 5.43 Å². The maximum Gasteiger partial charge on any atom is 0.208 e. The van der Waals surface area contributed by atoms with Crippen molar-refractivity contribution in [3.63, 3.8) is 0 Å². The SMILES string of the molecule is COc1ccccc1CC(C)N(C)C(=NC1CC1)NN. The molecule has 110 valence electrons. The third-order valence-electron chi connectivity index (χ3n) is 3.68. The first kappa shape index (κ1) is 14.7. The molecule has 1 unspecified atom stereocenters. The van der Waals surface area contributed by atoms with E-state index in [1.54, 1.807) is 7.11 Å². The van der Waals surface area contributed by atoms with Crippen LogP contribution in [0.25, 0.3) is 0 Å². The van der Waals surface area contributed by atoms with Crippen LogP contribution in [-0.4, -0.2) is 37.1 Å². The van der Waals surface area contributed by atoms with E-state index in [-0.39, 0.29) is 6.04 Å². The van der Waals surface area contributed by atoms with Gasteiger partial charge in [0.05, 0.1) is 13.2 Å². The van der Waals surface area contributed by atoms with Crippen LogP contribution >= 0.6 is 0 Å². The van der Waals surface area contributed by atoms with Crippen molar-refractivity contribution in [2.75, 3.05) is 14.2 Å². The Bertz CT molecular complexity index is 471. The van der Waals surface area contributed by atoms with Crippen LogP contribution in [0.3, 0.4) is 0 Å². The molecule has 2 rings (SSSR count). The summed E-state index contributed by atoms with van der Waals surface area (Å²) < 4.78 is 5.40. The first-order chi connectivity index (χ1) is 9.65. The summed E-state index contributed by atoms with van der Waals surface area (Å²) in [5.74, 6) is 7.27. The number of guanidine groups is 1. The van der Waals surface area contributed by atoms with E-state index in [9.17, 15) is 0 Å². The number of hydrogen-bond acceptors (Lipinski definition) is 3. The Morgan fingerprint density at radius 1 is 1.50 bits per heavy atom. The number of para-hydroxylation sites is 1. The van der Waals surface area contributed by atoms with Gasteiger partial charge in [0.15, 0.2) is 0 Å². The first-order valence-electron chi connectivity index (χ1n) is 7.04. The lowest BCUT2D eigenvalue weighted by Crippen LogP contribution is -2.47. The van der Waals surface area contributed by atoms with Crippen LogP contribution in [0.4, 0.5) is 0 Å². The Kier molecular flexibility index (Phi) is 4.84. The molecule has 0 radical (unpaired) electrons. The van der Waals surface area contributed by atoms with Crippen LogP contribution in [-0.2, 0) is 6.42 Å². The predicted octanol–water partition coefficient (Wildman–Crippen LogP) is 1.54. The van der Waals surface area contributed by atoms with Crippen molar-refractivity contribution in [3.05, 3.63) is 29.8 Å². The molecule has 1 saturated carbocycles. The number of methoxy groups -OCH3 is 1. The van der Waals surface area contributed by atoms with Gasteiger partial charge in [0, 0.05) is 13.1 Å². The van der Waals surface area contributed by atoms with Crippen molar-refractivity contribution in [2.45, 2.75) is 38.3 Å². The molecule has 0 bridgehead atoms. The Morgan fingerprint density at radius 2 is 2.20 bits per heavy atom. The Balaban J connectivity index is 2.04. The molecule has 0 amide bonds. The van der Waals surface area contributed by atoms with Crippen molar-refractivity contribution in [1.29, 1.82) is 0 Å². The third-order valence-corrected chi connectivity index (χ3v) is 3.68. The largest absolute Gasteiger partial charge is 0.496 e. The van der Waals surface area contributed by atoms with E-state index in [2.05, 4.69) is 28.3 Å². The van der Waals surface area contributed by atoms with Crippen molar-refractivity contribution in [1.82, 2.24) is 10.3 Å². The summed E-state index contributed by atoms with van der Waals surface area (Å²) in [6.07, 6.45) is 3.21. The zero-order chi connectivity index (χ0) is 14.5. The van der Waals surface area contributed by atoms with Crippen molar-refractivity contribution >= 4 is 5.96 Å². The molecule has 1 aromatic rings. The summed E-state index contributed by atoms with van der Waals surface area (Å²) in [6.45, 7) is 2.16. The average Bonchev–Trinajstić information content (AvgIpc) is 3.28. The normalized spacial score (nSPS) is 16.7. The lowest BCUT2D eigenvalue weighted by molar-refractivity contribution is 0.363. The smallest absolute Gasteiger partial charge is 0.208 e. The molecule has 1 aromatic carbocycles. The number of hydrogen-bond donors (Lipinski definition) is 2. The number of nitrogens with two attached hydrogens (primary N) is 1. The standard InChI is InChI=1S/C15H24N4O/c1-11(10-12-6-4-5-7-14(12)20-3)19(2)15(18-16)17-13-8-9-13/h4-7,11,13H,8-10,16H2,1-3H3,(H,17,18). The zero-order valence-electron chi connectivity index (χ0n) is 12.5. The van der Waals surface area contributed by atoms with Gasteiger partial charge >= 0.3 is 0 Å². The third kappa shape index (κ3) is 3.63. The maximum atomic E-state index is 5.59. The highest BCUT2D eigenvalue weighted by molar-refractivity contribution is 5.79. The number of nitrogens with one attached hydrogen (secondary N) is 1. The molecule has 5 heteroatoms. The average molecular weight is 276 g/mol. The Morgan fingerprint density at radius 3 is 2.80 bits per heavy atom. The number of rotatable bonds is 5. The fraction of sp³-hybridized carbons (Fsp3) is 0.533. The van der Waals surface area contributed by atoms with E-state index in [1.165, 1.54) is 18.4 Å². The second-order valence-electron chi connectivity index (χ2n) is 5.30. The number of benzene rings is 1. The zero-order valence-corrected chi connectivity index (χ0v) is 12.5. The van der Waals surface area contributed by atoms with E-state index in [1.807, 2.05) is 25.2 Å². The van der Waals surface area contributed by atoms with Gasteiger partial charge in [-0.15, -0.1) is 0 Å². The fourth-order valence-electron chi connectivity index (χ4n) is 2.14. The van der Waals surface area contributed by atoms with E-state index in [0.29, 0.717) is 6.04 Å². The van der Waals surface area contributed by atoms with Gasteiger partial charge < -0.3 is 9.64 Å². The number of ether oxygens (including phenoxy) is 1. The van der Waals surface area contributed by atoms with E-state index in [4.69, 9.17) is 10.6 Å². The molecular weight excluding hydrogens is 252 g/mol. The lowest BCUT2D eigenvalue weighted by atomic mass is 10.1. The predicted molar refractivity (Wildman–Crippen MR) is 81.7 cm³/mol. The van der Waals surface area contributed by atoms with Gasteiger partial charge in [0.2, 0.25) is 5.96 Å². The van der Waals surface area contributed by atoms with Gasteiger partial charge in [-0.2, -0.15) is 0 Å². The minimum absolute atomic E-state index is 0.278. The van der Waals surface area contributed by atoms with E-state index >= 15 is 0 Å². The van der Waals surface area contributed by atoms with Gasteiger partial charge in [-0.25, -0.2) is 10.8 Å². The molecule has 1 atom stereocenters. The number of hydrazine groups is 1. The highest BCUT2D eigenvalue weighted by Crippen LogP contribution is 2.24.